The highest BCUT2D eigenvalue weighted by atomic mass is 19.1. The molecular formula is C12H13FN2O4. The summed E-state index contributed by atoms with van der Waals surface area (Å²) in [5.74, 6) is -2.19. The topological polar surface area (TPSA) is 83.7 Å². The highest BCUT2D eigenvalue weighted by molar-refractivity contribution is 5.93. The molecule has 0 atom stereocenters. The zero-order chi connectivity index (χ0) is 14.2. The number of hydrogen-bond acceptors (Lipinski definition) is 4. The van der Waals surface area contributed by atoms with Crippen LogP contribution in [0.2, 0.25) is 0 Å². The van der Waals surface area contributed by atoms with Gasteiger partial charge in [-0.05, 0) is 25.8 Å². The first-order chi connectivity index (χ1) is 8.95. The number of nitro groups is 1. The van der Waals surface area contributed by atoms with E-state index in [1.807, 2.05) is 6.92 Å². The van der Waals surface area contributed by atoms with E-state index in [9.17, 15) is 19.3 Å². The third-order valence-corrected chi connectivity index (χ3v) is 3.13. The highest BCUT2D eigenvalue weighted by Crippen LogP contribution is 2.35. The number of rotatable bonds is 5. The van der Waals surface area contributed by atoms with Crippen molar-refractivity contribution in [3.05, 3.63) is 33.6 Å². The lowest BCUT2D eigenvalue weighted by atomic mass is 10.1. The third-order valence-electron chi connectivity index (χ3n) is 3.13. The van der Waals surface area contributed by atoms with E-state index in [0.29, 0.717) is 12.6 Å². The lowest BCUT2D eigenvalue weighted by molar-refractivity contribution is -0.385. The average Bonchev–Trinajstić information content (AvgIpc) is 3.15. The van der Waals surface area contributed by atoms with Crippen molar-refractivity contribution < 1.29 is 19.2 Å². The summed E-state index contributed by atoms with van der Waals surface area (Å²) < 4.78 is 13.9. The van der Waals surface area contributed by atoms with Gasteiger partial charge in [0.2, 0.25) is 0 Å². The summed E-state index contributed by atoms with van der Waals surface area (Å²) in [5.41, 5.74) is -1.09. The van der Waals surface area contributed by atoms with Crippen LogP contribution in [0, 0.1) is 15.9 Å². The van der Waals surface area contributed by atoms with Crippen molar-refractivity contribution in [3.63, 3.8) is 0 Å². The van der Waals surface area contributed by atoms with Crippen molar-refractivity contribution in [3.8, 4) is 0 Å². The van der Waals surface area contributed by atoms with Crippen molar-refractivity contribution in [2.45, 2.75) is 25.8 Å². The quantitative estimate of drug-likeness (QED) is 0.655. The van der Waals surface area contributed by atoms with Gasteiger partial charge < -0.3 is 10.0 Å². The highest BCUT2D eigenvalue weighted by Gasteiger charge is 2.32. The molecule has 1 aromatic carbocycles. The first-order valence-corrected chi connectivity index (χ1v) is 5.93. The number of carbonyl (C=O) groups is 1. The minimum Gasteiger partial charge on any atom is -0.477 e. The van der Waals surface area contributed by atoms with Gasteiger partial charge in [-0.2, -0.15) is 0 Å². The van der Waals surface area contributed by atoms with E-state index in [-0.39, 0.29) is 11.7 Å². The zero-order valence-electron chi connectivity index (χ0n) is 10.3. The molecule has 0 heterocycles. The van der Waals surface area contributed by atoms with E-state index in [1.165, 1.54) is 0 Å². The Kier molecular flexibility index (Phi) is 3.37. The molecular weight excluding hydrogens is 255 g/mol. The van der Waals surface area contributed by atoms with E-state index in [4.69, 9.17) is 5.11 Å². The molecule has 2 rings (SSSR count). The van der Waals surface area contributed by atoms with Crippen LogP contribution in [0.4, 0.5) is 15.8 Å². The van der Waals surface area contributed by atoms with Gasteiger partial charge in [0.15, 0.2) is 5.82 Å². The predicted molar refractivity (Wildman–Crippen MR) is 66.1 cm³/mol. The molecule has 1 saturated carbocycles. The number of halogens is 1. The first kappa shape index (κ1) is 13.3. The molecule has 6 nitrogen and oxygen atoms in total. The number of nitrogens with zero attached hydrogens (tertiary/aromatic N) is 2. The molecule has 0 amide bonds. The number of carboxylic acids is 1. The third kappa shape index (κ3) is 2.49. The molecule has 1 aliphatic rings. The maximum absolute atomic E-state index is 13.9. The first-order valence-electron chi connectivity index (χ1n) is 5.93. The predicted octanol–water partition coefficient (Wildman–Crippen LogP) is 2.42. The minimum atomic E-state index is -1.43. The molecule has 0 saturated heterocycles. The van der Waals surface area contributed by atoms with Crippen molar-refractivity contribution in [1.82, 2.24) is 0 Å². The van der Waals surface area contributed by atoms with Gasteiger partial charge in [-0.15, -0.1) is 0 Å². The van der Waals surface area contributed by atoms with Crippen molar-refractivity contribution in [2.24, 2.45) is 0 Å². The van der Waals surface area contributed by atoms with E-state index in [2.05, 4.69) is 0 Å². The lowest BCUT2D eigenvalue weighted by Crippen LogP contribution is -2.26. The molecule has 0 radical (unpaired) electrons. The van der Waals surface area contributed by atoms with Crippen LogP contribution in [0.3, 0.4) is 0 Å². The number of hydrogen-bond donors (Lipinski definition) is 1. The van der Waals surface area contributed by atoms with Crippen LogP contribution in [0.1, 0.15) is 30.1 Å². The second kappa shape index (κ2) is 4.83. The van der Waals surface area contributed by atoms with Crippen LogP contribution in [-0.2, 0) is 0 Å². The Morgan fingerprint density at radius 1 is 1.58 bits per heavy atom. The molecule has 0 aliphatic heterocycles. The average molecular weight is 268 g/mol. The summed E-state index contributed by atoms with van der Waals surface area (Å²) in [6.45, 7) is 2.36. The Morgan fingerprint density at radius 2 is 2.21 bits per heavy atom. The van der Waals surface area contributed by atoms with Crippen LogP contribution < -0.4 is 4.90 Å². The minimum absolute atomic E-state index is 0.119. The molecule has 1 N–H and O–H groups in total. The number of nitro benzene ring substituents is 1. The van der Waals surface area contributed by atoms with Crippen LogP contribution in [-0.4, -0.2) is 28.6 Å². The maximum atomic E-state index is 13.9. The fraction of sp³-hybridized carbons (Fsp3) is 0.417. The Labute approximate surface area is 108 Å². The summed E-state index contributed by atoms with van der Waals surface area (Å²) in [4.78, 5) is 22.6. The van der Waals surface area contributed by atoms with Gasteiger partial charge in [-0.1, -0.05) is 0 Å². The molecule has 0 spiro atoms. The Bertz CT molecular complexity index is 543. The SMILES string of the molecule is CCN(c1cc(C(=O)O)c([N+](=O)[O-])cc1F)C1CC1. The van der Waals surface area contributed by atoms with E-state index in [1.54, 1.807) is 4.90 Å². The lowest BCUT2D eigenvalue weighted by Gasteiger charge is -2.23. The summed E-state index contributed by atoms with van der Waals surface area (Å²) in [5, 5.41) is 19.7. The van der Waals surface area contributed by atoms with Crippen LogP contribution in [0.5, 0.6) is 0 Å². The number of benzene rings is 1. The Balaban J connectivity index is 2.53. The standard InChI is InChI=1S/C12H13FN2O4/c1-2-14(7-3-4-7)11-5-8(12(16)17)10(15(18)19)6-9(11)13/h5-7H,2-4H2,1H3,(H,16,17). The van der Waals surface area contributed by atoms with Gasteiger partial charge in [-0.3, -0.25) is 10.1 Å². The van der Waals surface area contributed by atoms with Crippen LogP contribution in [0.25, 0.3) is 0 Å². The maximum Gasteiger partial charge on any atom is 0.342 e. The van der Waals surface area contributed by atoms with Crippen molar-refractivity contribution >= 4 is 17.3 Å². The molecule has 19 heavy (non-hydrogen) atoms. The second-order valence-corrected chi connectivity index (χ2v) is 4.40. The van der Waals surface area contributed by atoms with E-state index < -0.39 is 28.0 Å². The van der Waals surface area contributed by atoms with Gasteiger partial charge in [-0.25, -0.2) is 9.18 Å². The fourth-order valence-corrected chi connectivity index (χ4v) is 2.11. The van der Waals surface area contributed by atoms with Gasteiger partial charge >= 0.3 is 5.97 Å². The molecule has 1 aromatic rings. The smallest absolute Gasteiger partial charge is 0.342 e. The van der Waals surface area contributed by atoms with Crippen molar-refractivity contribution in [1.29, 1.82) is 0 Å². The number of aromatic carboxylic acids is 1. The molecule has 1 aliphatic carbocycles. The van der Waals surface area contributed by atoms with Gasteiger partial charge in [0.25, 0.3) is 5.69 Å². The monoisotopic (exact) mass is 268 g/mol. The van der Waals surface area contributed by atoms with Gasteiger partial charge in [0.05, 0.1) is 16.7 Å². The van der Waals surface area contributed by atoms with E-state index in [0.717, 1.165) is 18.9 Å². The summed E-state index contributed by atoms with van der Waals surface area (Å²) >= 11 is 0. The zero-order valence-corrected chi connectivity index (χ0v) is 10.3. The number of anilines is 1. The Morgan fingerprint density at radius 3 is 2.63 bits per heavy atom. The van der Waals surface area contributed by atoms with E-state index >= 15 is 0 Å². The number of carboxylic acid groups (broad SMARTS) is 1. The Hall–Kier alpha value is -2.18. The normalized spacial score (nSPS) is 14.2. The molecule has 0 unspecified atom stereocenters. The van der Waals surface area contributed by atoms with Crippen LogP contribution in [0.15, 0.2) is 12.1 Å². The largest absolute Gasteiger partial charge is 0.477 e. The fourth-order valence-electron chi connectivity index (χ4n) is 2.11. The van der Waals surface area contributed by atoms with Crippen LogP contribution >= 0.6 is 0 Å². The van der Waals surface area contributed by atoms with Crippen molar-refractivity contribution in [2.75, 3.05) is 11.4 Å². The molecule has 1 fully saturated rings. The molecule has 0 aromatic heterocycles. The summed E-state index contributed by atoms with van der Waals surface area (Å²) in [6, 6.07) is 1.93. The summed E-state index contributed by atoms with van der Waals surface area (Å²) in [7, 11) is 0. The molecule has 102 valence electrons. The van der Waals surface area contributed by atoms with Gasteiger partial charge in [0.1, 0.15) is 5.56 Å². The van der Waals surface area contributed by atoms with Gasteiger partial charge in [0, 0.05) is 12.6 Å². The molecule has 7 heteroatoms. The molecule has 0 bridgehead atoms. The second-order valence-electron chi connectivity index (χ2n) is 4.40. The summed E-state index contributed by atoms with van der Waals surface area (Å²) in [6.07, 6.45) is 1.85.